The summed E-state index contributed by atoms with van der Waals surface area (Å²) in [5, 5.41) is 13.5. The van der Waals surface area contributed by atoms with Crippen molar-refractivity contribution in [3.8, 4) is 22.6 Å². The Balaban J connectivity index is 1.48. The molecule has 0 bridgehead atoms. The van der Waals surface area contributed by atoms with Crippen molar-refractivity contribution in [3.63, 3.8) is 0 Å². The molecule has 1 aromatic heterocycles. The Bertz CT molecular complexity index is 2510. The van der Waals surface area contributed by atoms with E-state index < -0.39 is 0 Å². The molecule has 0 aliphatic carbocycles. The van der Waals surface area contributed by atoms with Gasteiger partial charge in [0.1, 0.15) is 0 Å². The van der Waals surface area contributed by atoms with E-state index in [2.05, 4.69) is 133 Å². The second-order valence-corrected chi connectivity index (χ2v) is 11.0. The number of fused-ring (bicyclic) bond motifs is 6. The highest BCUT2D eigenvalue weighted by Gasteiger charge is 2.16. The number of rotatable bonds is 2. The molecular formula is C40H24N2. The van der Waals surface area contributed by atoms with Crippen LogP contribution in [0.2, 0.25) is 0 Å². The molecule has 0 saturated carbocycles. The lowest BCUT2D eigenvalue weighted by Gasteiger charge is -2.15. The molecule has 0 spiro atoms. The molecule has 8 aromatic carbocycles. The zero-order valence-electron chi connectivity index (χ0n) is 22.8. The summed E-state index contributed by atoms with van der Waals surface area (Å²) >= 11 is 0. The van der Waals surface area contributed by atoms with Crippen LogP contribution in [0, 0.1) is 0 Å². The Morgan fingerprint density at radius 2 is 0.905 bits per heavy atom. The molecule has 0 unspecified atom stereocenters. The minimum Gasteiger partial charge on any atom is -0.228 e. The molecule has 0 fully saturated rings. The van der Waals surface area contributed by atoms with Crippen LogP contribution >= 0.6 is 0 Å². The minimum atomic E-state index is 0.735. The first kappa shape index (κ1) is 23.1. The van der Waals surface area contributed by atoms with E-state index in [1.54, 1.807) is 0 Å². The Morgan fingerprint density at radius 3 is 1.67 bits per heavy atom. The molecule has 0 N–H and O–H groups in total. The predicted molar refractivity (Wildman–Crippen MR) is 178 cm³/mol. The van der Waals surface area contributed by atoms with Crippen molar-refractivity contribution in [1.82, 2.24) is 9.97 Å². The van der Waals surface area contributed by atoms with Crippen LogP contribution in [0.5, 0.6) is 0 Å². The van der Waals surface area contributed by atoms with Gasteiger partial charge in [0.05, 0.1) is 11.2 Å². The highest BCUT2D eigenvalue weighted by atomic mass is 14.9. The van der Waals surface area contributed by atoms with Crippen LogP contribution in [0.1, 0.15) is 0 Å². The number of benzene rings is 7. The molecule has 42 heavy (non-hydrogen) atoms. The topological polar surface area (TPSA) is 25.8 Å². The van der Waals surface area contributed by atoms with E-state index in [-0.39, 0.29) is 0 Å². The summed E-state index contributed by atoms with van der Waals surface area (Å²) in [7, 11) is 0. The normalized spacial score (nSPS) is 11.8. The van der Waals surface area contributed by atoms with E-state index in [9.17, 15) is 0 Å². The molecule has 0 atom stereocenters. The summed E-state index contributed by atoms with van der Waals surface area (Å²) in [6.07, 6.45) is 0. The van der Waals surface area contributed by atoms with E-state index in [0.717, 1.165) is 33.5 Å². The first-order valence-electron chi connectivity index (χ1n) is 14.3. The van der Waals surface area contributed by atoms with Gasteiger partial charge in [0, 0.05) is 16.5 Å². The lowest BCUT2D eigenvalue weighted by Crippen LogP contribution is -1.95. The molecule has 0 radical (unpaired) electrons. The molecule has 0 aliphatic rings. The Labute approximate surface area is 242 Å². The van der Waals surface area contributed by atoms with Gasteiger partial charge in [-0.05, 0) is 72.1 Å². The lowest BCUT2D eigenvalue weighted by atomic mass is 9.89. The van der Waals surface area contributed by atoms with Crippen molar-refractivity contribution in [2.24, 2.45) is 0 Å². The first-order chi connectivity index (χ1) is 20.8. The van der Waals surface area contributed by atoms with Gasteiger partial charge < -0.3 is 0 Å². The third-order valence-electron chi connectivity index (χ3n) is 8.59. The molecule has 194 valence electrons. The van der Waals surface area contributed by atoms with Crippen LogP contribution in [0.15, 0.2) is 146 Å². The van der Waals surface area contributed by atoms with Gasteiger partial charge in [0.15, 0.2) is 5.82 Å². The summed E-state index contributed by atoms with van der Waals surface area (Å²) in [5.41, 5.74) is 4.00. The SMILES string of the molecule is c1ccc(-c2nc(-c3cc4ccc5cccc6c7ccccc7c7ccccc7c(c3)c4c56)nc3ccccc23)cc1. The maximum absolute atomic E-state index is 5.22. The maximum Gasteiger partial charge on any atom is 0.160 e. The van der Waals surface area contributed by atoms with Gasteiger partial charge in [-0.25, -0.2) is 9.97 Å². The number of hydrogen-bond acceptors (Lipinski definition) is 2. The molecule has 0 aliphatic heterocycles. The Hall–Kier alpha value is -5.60. The number of nitrogens with zero attached hydrogens (tertiary/aromatic N) is 2. The van der Waals surface area contributed by atoms with Gasteiger partial charge in [-0.15, -0.1) is 0 Å². The zero-order chi connectivity index (χ0) is 27.6. The second kappa shape index (κ2) is 8.95. The van der Waals surface area contributed by atoms with E-state index >= 15 is 0 Å². The van der Waals surface area contributed by atoms with Gasteiger partial charge in [-0.2, -0.15) is 0 Å². The fourth-order valence-corrected chi connectivity index (χ4v) is 6.74. The maximum atomic E-state index is 5.22. The fourth-order valence-electron chi connectivity index (χ4n) is 6.74. The average Bonchev–Trinajstić information content (AvgIpc) is 3.06. The van der Waals surface area contributed by atoms with Crippen LogP contribution in [-0.2, 0) is 0 Å². The van der Waals surface area contributed by atoms with Crippen molar-refractivity contribution in [2.45, 2.75) is 0 Å². The summed E-state index contributed by atoms with van der Waals surface area (Å²) in [4.78, 5) is 10.3. The van der Waals surface area contributed by atoms with E-state index in [1.807, 2.05) is 12.1 Å². The highest BCUT2D eigenvalue weighted by Crippen LogP contribution is 2.42. The van der Waals surface area contributed by atoms with Gasteiger partial charge in [0.2, 0.25) is 0 Å². The largest absolute Gasteiger partial charge is 0.228 e. The summed E-state index contributed by atoms with van der Waals surface area (Å²) in [6, 6.07) is 52.1. The van der Waals surface area contributed by atoms with E-state index in [4.69, 9.17) is 9.97 Å². The Kier molecular flexibility index (Phi) is 4.93. The van der Waals surface area contributed by atoms with Crippen molar-refractivity contribution in [2.75, 3.05) is 0 Å². The Morgan fingerprint density at radius 1 is 0.333 bits per heavy atom. The molecule has 0 saturated heterocycles. The van der Waals surface area contributed by atoms with Crippen LogP contribution in [0.4, 0.5) is 0 Å². The number of hydrogen-bond donors (Lipinski definition) is 0. The first-order valence-corrected chi connectivity index (χ1v) is 14.3. The van der Waals surface area contributed by atoms with Crippen molar-refractivity contribution in [1.29, 1.82) is 0 Å². The van der Waals surface area contributed by atoms with Crippen LogP contribution in [0.3, 0.4) is 0 Å². The highest BCUT2D eigenvalue weighted by molar-refractivity contribution is 6.33. The van der Waals surface area contributed by atoms with E-state index in [1.165, 1.54) is 53.9 Å². The van der Waals surface area contributed by atoms with E-state index in [0.29, 0.717) is 0 Å². The monoisotopic (exact) mass is 532 g/mol. The minimum absolute atomic E-state index is 0.735. The average molecular weight is 533 g/mol. The van der Waals surface area contributed by atoms with Crippen LogP contribution in [0.25, 0.3) is 87.4 Å². The third-order valence-corrected chi connectivity index (χ3v) is 8.59. The van der Waals surface area contributed by atoms with Crippen molar-refractivity contribution >= 4 is 64.8 Å². The predicted octanol–water partition coefficient (Wildman–Crippen LogP) is 10.7. The van der Waals surface area contributed by atoms with Gasteiger partial charge in [-0.1, -0.05) is 127 Å². The molecule has 0 amide bonds. The standard InChI is InChI=1S/C40H24N2/c1-2-11-26(12-3-1)39-34-18-8-9-20-36(34)41-40(42-39)28-23-27-22-21-25-13-10-19-33-31-16-6-4-14-29(31)30-15-5-7-17-32(30)35(24-28)38(27)37(25)33/h1-24H. The van der Waals surface area contributed by atoms with Crippen LogP contribution < -0.4 is 0 Å². The summed E-state index contributed by atoms with van der Waals surface area (Å²) in [6.45, 7) is 0. The van der Waals surface area contributed by atoms with Gasteiger partial charge in [-0.3, -0.25) is 0 Å². The molecule has 2 nitrogen and oxygen atoms in total. The molecule has 9 rings (SSSR count). The molecular weight excluding hydrogens is 508 g/mol. The zero-order valence-corrected chi connectivity index (χ0v) is 22.8. The van der Waals surface area contributed by atoms with Crippen molar-refractivity contribution < 1.29 is 0 Å². The lowest BCUT2D eigenvalue weighted by molar-refractivity contribution is 1.23. The second-order valence-electron chi connectivity index (χ2n) is 11.0. The van der Waals surface area contributed by atoms with Gasteiger partial charge >= 0.3 is 0 Å². The van der Waals surface area contributed by atoms with Gasteiger partial charge in [0.25, 0.3) is 0 Å². The summed E-state index contributed by atoms with van der Waals surface area (Å²) in [5.74, 6) is 0.735. The number of para-hydroxylation sites is 1. The van der Waals surface area contributed by atoms with Crippen molar-refractivity contribution in [3.05, 3.63) is 146 Å². The molecule has 2 heteroatoms. The smallest absolute Gasteiger partial charge is 0.160 e. The quantitative estimate of drug-likeness (QED) is 0.207. The molecule has 9 aromatic rings. The number of aromatic nitrogens is 2. The summed E-state index contributed by atoms with van der Waals surface area (Å²) < 4.78 is 0. The molecule has 1 heterocycles. The van der Waals surface area contributed by atoms with Crippen LogP contribution in [-0.4, -0.2) is 9.97 Å². The fraction of sp³-hybridized carbons (Fsp3) is 0. The third kappa shape index (κ3) is 3.39.